The van der Waals surface area contributed by atoms with E-state index in [2.05, 4.69) is 10.1 Å². The highest BCUT2D eigenvalue weighted by Gasteiger charge is 2.41. The van der Waals surface area contributed by atoms with Gasteiger partial charge < -0.3 is 14.4 Å². The fourth-order valence-corrected chi connectivity index (χ4v) is 5.90. The van der Waals surface area contributed by atoms with E-state index in [1.807, 2.05) is 4.90 Å². The fraction of sp³-hybridized carbons (Fsp3) is 0.455. The summed E-state index contributed by atoms with van der Waals surface area (Å²) in [7, 11) is 0. The average molecular weight is 472 g/mol. The highest BCUT2D eigenvalue weighted by atomic mass is 32.2. The first-order valence-electron chi connectivity index (χ1n) is 11.0. The van der Waals surface area contributed by atoms with Crippen LogP contribution in [0.2, 0.25) is 0 Å². The van der Waals surface area contributed by atoms with E-state index in [1.165, 1.54) is 34.8 Å². The number of fused-ring (bicyclic) bond motifs is 2. The number of aromatic nitrogens is 4. The topological polar surface area (TPSA) is 91.5 Å². The van der Waals surface area contributed by atoms with Crippen LogP contribution in [0.25, 0.3) is 16.7 Å². The Balaban J connectivity index is 1.23. The van der Waals surface area contributed by atoms with Gasteiger partial charge in [0.1, 0.15) is 11.2 Å². The zero-order valence-electron chi connectivity index (χ0n) is 17.8. The lowest BCUT2D eigenvalue weighted by Crippen LogP contribution is -2.47. The lowest BCUT2D eigenvalue weighted by atomic mass is 10.0. The van der Waals surface area contributed by atoms with Crippen molar-refractivity contribution >= 4 is 28.7 Å². The van der Waals surface area contributed by atoms with Gasteiger partial charge in [0.2, 0.25) is 5.91 Å². The highest BCUT2D eigenvalue weighted by molar-refractivity contribution is 7.99. The minimum atomic E-state index is -0.524. The van der Waals surface area contributed by atoms with Crippen molar-refractivity contribution < 1.29 is 18.7 Å². The van der Waals surface area contributed by atoms with Gasteiger partial charge >= 0.3 is 0 Å². The third-order valence-corrected chi connectivity index (χ3v) is 7.64. The summed E-state index contributed by atoms with van der Waals surface area (Å²) in [6.07, 6.45) is 3.06. The van der Waals surface area contributed by atoms with Crippen molar-refractivity contribution in [1.82, 2.24) is 24.2 Å². The van der Waals surface area contributed by atoms with Crippen LogP contribution in [0.5, 0.6) is 0 Å². The molecule has 1 atom stereocenters. The minimum absolute atomic E-state index is 0.0234. The second-order valence-electron chi connectivity index (χ2n) is 8.50. The lowest BCUT2D eigenvalue weighted by Gasteiger charge is -2.37. The summed E-state index contributed by atoms with van der Waals surface area (Å²) in [6.45, 7) is 2.38. The Morgan fingerprint density at radius 2 is 1.91 bits per heavy atom. The first-order chi connectivity index (χ1) is 16.0. The van der Waals surface area contributed by atoms with Crippen LogP contribution < -0.4 is 5.56 Å². The van der Waals surface area contributed by atoms with Crippen LogP contribution in [0.15, 0.2) is 40.4 Å². The number of hydrogen-bond acceptors (Lipinski definition) is 7. The van der Waals surface area contributed by atoms with Crippen LogP contribution >= 0.6 is 11.8 Å². The molecule has 1 spiro atoms. The molecule has 0 aliphatic carbocycles. The summed E-state index contributed by atoms with van der Waals surface area (Å²) < 4.78 is 27.9. The quantitative estimate of drug-likeness (QED) is 0.541. The summed E-state index contributed by atoms with van der Waals surface area (Å²) in [4.78, 5) is 32.8. The number of rotatable bonds is 3. The largest absolute Gasteiger partial charge is 0.347 e. The van der Waals surface area contributed by atoms with Crippen molar-refractivity contribution in [2.45, 2.75) is 36.2 Å². The van der Waals surface area contributed by atoms with Crippen molar-refractivity contribution in [3.8, 4) is 5.69 Å². The number of amides is 1. The molecule has 1 amide bonds. The number of likely N-dealkylation sites (tertiary alicyclic amines) is 1. The van der Waals surface area contributed by atoms with Crippen molar-refractivity contribution in [2.75, 3.05) is 32.1 Å². The molecular weight excluding hydrogens is 449 g/mol. The van der Waals surface area contributed by atoms with Crippen LogP contribution in [-0.4, -0.2) is 68.0 Å². The summed E-state index contributed by atoms with van der Waals surface area (Å²) in [5, 5.41) is 5.24. The summed E-state index contributed by atoms with van der Waals surface area (Å²) in [6, 6.07) is 5.60. The van der Waals surface area contributed by atoms with Crippen LogP contribution in [0.4, 0.5) is 4.39 Å². The number of hydrogen-bond donors (Lipinski definition) is 0. The zero-order chi connectivity index (χ0) is 22.6. The minimum Gasteiger partial charge on any atom is -0.347 e. The number of carbonyl (C=O) groups is 1. The van der Waals surface area contributed by atoms with Gasteiger partial charge in [-0.25, -0.2) is 14.1 Å². The fourth-order valence-electron chi connectivity index (χ4n) is 4.77. The molecule has 0 radical (unpaired) electrons. The molecule has 6 rings (SSSR count). The van der Waals surface area contributed by atoms with E-state index in [0.717, 1.165) is 0 Å². The Hall–Kier alpha value is -2.76. The molecule has 0 N–H and O–H groups in total. The van der Waals surface area contributed by atoms with Gasteiger partial charge in [-0.15, -0.1) is 0 Å². The molecule has 1 unspecified atom stereocenters. The van der Waals surface area contributed by atoms with E-state index in [0.29, 0.717) is 66.8 Å². The SMILES string of the molecule is O=C(CC1CSc2nc3c(cnn3-c3ccc(F)cc3)c(=O)n21)N1CCC2(CC1)OCCO2. The smallest absolute Gasteiger partial charge is 0.265 e. The van der Waals surface area contributed by atoms with Crippen molar-refractivity contribution in [1.29, 1.82) is 0 Å². The van der Waals surface area contributed by atoms with Gasteiger partial charge in [0.05, 0.1) is 31.1 Å². The van der Waals surface area contributed by atoms with Crippen LogP contribution in [0, 0.1) is 5.82 Å². The first-order valence-corrected chi connectivity index (χ1v) is 12.0. The maximum absolute atomic E-state index is 13.3. The van der Waals surface area contributed by atoms with E-state index >= 15 is 0 Å². The molecule has 33 heavy (non-hydrogen) atoms. The summed E-state index contributed by atoms with van der Waals surface area (Å²) >= 11 is 1.46. The molecule has 2 saturated heterocycles. The van der Waals surface area contributed by atoms with Crippen LogP contribution in [-0.2, 0) is 14.3 Å². The molecular formula is C22H22FN5O4S. The Labute approximate surface area is 192 Å². The Kier molecular flexibility index (Phi) is 5.00. The van der Waals surface area contributed by atoms with Gasteiger partial charge in [-0.3, -0.25) is 14.2 Å². The molecule has 11 heteroatoms. The van der Waals surface area contributed by atoms with Crippen LogP contribution in [0.3, 0.4) is 0 Å². The summed E-state index contributed by atoms with van der Waals surface area (Å²) in [5.41, 5.74) is 0.836. The van der Waals surface area contributed by atoms with Gasteiger partial charge in [0.15, 0.2) is 16.6 Å². The highest BCUT2D eigenvalue weighted by Crippen LogP contribution is 2.35. The Morgan fingerprint density at radius 3 is 2.64 bits per heavy atom. The third kappa shape index (κ3) is 3.54. The van der Waals surface area contributed by atoms with Gasteiger partial charge in [0, 0.05) is 38.1 Å². The van der Waals surface area contributed by atoms with Gasteiger partial charge in [0.25, 0.3) is 5.56 Å². The number of nitrogens with zero attached hydrogens (tertiary/aromatic N) is 5. The van der Waals surface area contributed by atoms with Crippen molar-refractivity contribution in [2.24, 2.45) is 0 Å². The molecule has 172 valence electrons. The van der Waals surface area contributed by atoms with Gasteiger partial charge in [-0.1, -0.05) is 11.8 Å². The number of carbonyl (C=O) groups excluding carboxylic acids is 1. The normalized spacial score (nSPS) is 21.7. The maximum Gasteiger partial charge on any atom is 0.265 e. The maximum atomic E-state index is 13.3. The van der Waals surface area contributed by atoms with Crippen molar-refractivity contribution in [3.05, 3.63) is 46.6 Å². The predicted molar refractivity (Wildman–Crippen MR) is 118 cm³/mol. The Morgan fingerprint density at radius 1 is 1.18 bits per heavy atom. The molecule has 3 aromatic rings. The van der Waals surface area contributed by atoms with Gasteiger partial charge in [-0.2, -0.15) is 5.10 Å². The van der Waals surface area contributed by atoms with E-state index < -0.39 is 5.79 Å². The first kappa shape index (κ1) is 20.8. The van der Waals surface area contributed by atoms with E-state index in [4.69, 9.17) is 9.47 Å². The number of thioether (sulfide) groups is 1. The molecule has 9 nitrogen and oxygen atoms in total. The number of ether oxygens (including phenoxy) is 2. The van der Waals surface area contributed by atoms with E-state index in [-0.39, 0.29) is 29.7 Å². The van der Waals surface area contributed by atoms with E-state index in [9.17, 15) is 14.0 Å². The third-order valence-electron chi connectivity index (χ3n) is 6.54. The van der Waals surface area contributed by atoms with Gasteiger partial charge in [-0.05, 0) is 24.3 Å². The average Bonchev–Trinajstić information content (AvgIpc) is 3.55. The molecule has 2 fully saturated rings. The van der Waals surface area contributed by atoms with Crippen molar-refractivity contribution in [3.63, 3.8) is 0 Å². The monoisotopic (exact) mass is 471 g/mol. The standard InChI is InChI=1S/C22H22FN5O4S/c23-14-1-3-15(4-2-14)28-19-17(12-24-28)20(30)27-16(13-33-21(27)25-19)11-18(29)26-7-5-22(6-8-26)31-9-10-32-22/h1-4,12,16H,5-11,13H2. The molecule has 5 heterocycles. The second-order valence-corrected chi connectivity index (χ2v) is 9.48. The number of halogens is 1. The molecule has 0 saturated carbocycles. The zero-order valence-corrected chi connectivity index (χ0v) is 18.6. The second kappa shape index (κ2) is 7.93. The lowest BCUT2D eigenvalue weighted by molar-refractivity contribution is -0.187. The number of benzene rings is 1. The summed E-state index contributed by atoms with van der Waals surface area (Å²) in [5.74, 6) is -0.243. The van der Waals surface area contributed by atoms with Crippen LogP contribution in [0.1, 0.15) is 25.3 Å². The molecule has 0 bridgehead atoms. The molecule has 3 aliphatic heterocycles. The van der Waals surface area contributed by atoms with E-state index in [1.54, 1.807) is 16.7 Å². The molecule has 3 aliphatic rings. The molecule has 1 aromatic carbocycles. The molecule has 2 aromatic heterocycles. The number of piperidine rings is 1. The predicted octanol–water partition coefficient (Wildman–Crippen LogP) is 2.12. The Bertz CT molecular complexity index is 1270.